The molecule has 1 saturated carbocycles. The molecule has 3 aromatic carbocycles. The highest BCUT2D eigenvalue weighted by Gasteiger charge is 2.29. The molecule has 1 aliphatic carbocycles. The zero-order chi connectivity index (χ0) is 22.5. The van der Waals surface area contributed by atoms with Crippen molar-refractivity contribution in [2.45, 2.75) is 18.9 Å². The van der Waals surface area contributed by atoms with Crippen molar-refractivity contribution in [2.24, 2.45) is 0 Å². The molecule has 9 heteroatoms. The molecule has 2 aromatic heterocycles. The van der Waals surface area contributed by atoms with Crippen molar-refractivity contribution < 1.29 is 8.78 Å². The summed E-state index contributed by atoms with van der Waals surface area (Å²) in [5.74, 6) is -0.00256. The van der Waals surface area contributed by atoms with Gasteiger partial charge in [-0.25, -0.2) is 13.8 Å². The van der Waals surface area contributed by atoms with Crippen molar-refractivity contribution in [3.8, 4) is 22.0 Å². The van der Waals surface area contributed by atoms with Crippen LogP contribution in [0.15, 0.2) is 60.7 Å². The Balaban J connectivity index is 1.37. The minimum Gasteiger partial charge on any atom is -0.328 e. The van der Waals surface area contributed by atoms with Crippen LogP contribution in [-0.4, -0.2) is 19.7 Å². The highest BCUT2D eigenvalue weighted by molar-refractivity contribution is 7.18. The van der Waals surface area contributed by atoms with Gasteiger partial charge in [-0.05, 0) is 55.3 Å². The molecular formula is C24H16ClF2N5S. The van der Waals surface area contributed by atoms with E-state index in [1.807, 2.05) is 12.1 Å². The number of anilines is 2. The van der Waals surface area contributed by atoms with Gasteiger partial charge < -0.3 is 9.88 Å². The summed E-state index contributed by atoms with van der Waals surface area (Å²) in [5, 5.41) is 13.1. The average Bonchev–Trinajstić information content (AvgIpc) is 3.42. The highest BCUT2D eigenvalue weighted by atomic mass is 35.5. The van der Waals surface area contributed by atoms with Crippen LogP contribution in [0.25, 0.3) is 33.0 Å². The Hall–Kier alpha value is -3.36. The molecule has 2 heterocycles. The van der Waals surface area contributed by atoms with E-state index in [1.54, 1.807) is 30.3 Å². The van der Waals surface area contributed by atoms with Gasteiger partial charge in [0.05, 0.1) is 16.7 Å². The molecule has 0 bridgehead atoms. The highest BCUT2D eigenvalue weighted by Crippen LogP contribution is 2.42. The molecule has 164 valence electrons. The standard InChI is InChI=1S/C24H16ClF2N5S/c25-15-3-1-2-14(10-15)23-30-31-24(33-23)29-19-12-20-21(11-18(19)27)32(17-8-9-17)22(28-20)13-4-6-16(26)7-5-13/h1-7,10-12,17H,8-9H2,(H,29,31). The molecule has 0 radical (unpaired) electrons. The summed E-state index contributed by atoms with van der Waals surface area (Å²) in [4.78, 5) is 4.77. The van der Waals surface area contributed by atoms with Gasteiger partial charge >= 0.3 is 0 Å². The molecule has 33 heavy (non-hydrogen) atoms. The first-order chi connectivity index (χ1) is 16.0. The lowest BCUT2D eigenvalue weighted by Gasteiger charge is -2.08. The van der Waals surface area contributed by atoms with Gasteiger partial charge in [0.25, 0.3) is 0 Å². The van der Waals surface area contributed by atoms with Crippen molar-refractivity contribution in [1.82, 2.24) is 19.7 Å². The van der Waals surface area contributed by atoms with E-state index in [0.29, 0.717) is 26.5 Å². The maximum absolute atomic E-state index is 15.1. The third-order valence-corrected chi connectivity index (χ3v) is 6.65. The number of halogens is 3. The Labute approximate surface area is 196 Å². The first-order valence-corrected chi connectivity index (χ1v) is 11.6. The number of hydrogen-bond donors (Lipinski definition) is 1. The number of aromatic nitrogens is 4. The van der Waals surface area contributed by atoms with Gasteiger partial charge in [0, 0.05) is 28.3 Å². The Morgan fingerprint density at radius 2 is 1.79 bits per heavy atom. The third-order valence-electron chi connectivity index (χ3n) is 5.53. The van der Waals surface area contributed by atoms with Crippen LogP contribution in [0.2, 0.25) is 5.02 Å². The van der Waals surface area contributed by atoms with E-state index in [1.165, 1.54) is 29.5 Å². The summed E-state index contributed by atoms with van der Waals surface area (Å²) in [7, 11) is 0. The number of hydrogen-bond acceptors (Lipinski definition) is 5. The molecule has 1 N–H and O–H groups in total. The van der Waals surface area contributed by atoms with Crippen LogP contribution in [0.1, 0.15) is 18.9 Å². The van der Waals surface area contributed by atoms with Gasteiger partial charge in [0.2, 0.25) is 5.13 Å². The quantitative estimate of drug-likeness (QED) is 0.289. The first kappa shape index (κ1) is 20.3. The van der Waals surface area contributed by atoms with E-state index in [9.17, 15) is 4.39 Å². The van der Waals surface area contributed by atoms with E-state index in [-0.39, 0.29) is 17.5 Å². The SMILES string of the molecule is Fc1ccc(-c2nc3cc(Nc4nnc(-c5cccc(Cl)c5)s4)c(F)cc3n2C2CC2)cc1. The summed E-state index contributed by atoms with van der Waals surface area (Å²) >= 11 is 7.37. The number of benzene rings is 3. The molecule has 0 saturated heterocycles. The Morgan fingerprint density at radius 3 is 2.55 bits per heavy atom. The van der Waals surface area contributed by atoms with Gasteiger partial charge in [-0.15, -0.1) is 10.2 Å². The molecule has 5 aromatic rings. The Morgan fingerprint density at radius 1 is 0.970 bits per heavy atom. The van der Waals surface area contributed by atoms with E-state index >= 15 is 4.39 Å². The Kier molecular flexibility index (Phi) is 4.85. The largest absolute Gasteiger partial charge is 0.328 e. The summed E-state index contributed by atoms with van der Waals surface area (Å²) in [5.41, 5.74) is 3.28. The second-order valence-corrected chi connectivity index (χ2v) is 9.33. The number of nitrogens with zero attached hydrogens (tertiary/aromatic N) is 4. The van der Waals surface area contributed by atoms with Crippen molar-refractivity contribution in [2.75, 3.05) is 5.32 Å². The second-order valence-electron chi connectivity index (χ2n) is 7.91. The van der Waals surface area contributed by atoms with Crippen molar-refractivity contribution in [3.63, 3.8) is 0 Å². The molecule has 1 fully saturated rings. The predicted octanol–water partition coefficient (Wildman–Crippen LogP) is 7.23. The molecule has 0 unspecified atom stereocenters. The molecule has 0 atom stereocenters. The lowest BCUT2D eigenvalue weighted by molar-refractivity contribution is 0.628. The van der Waals surface area contributed by atoms with Gasteiger partial charge in [-0.1, -0.05) is 35.1 Å². The number of fused-ring (bicyclic) bond motifs is 1. The minimum absolute atomic E-state index is 0.266. The fourth-order valence-corrected chi connectivity index (χ4v) is 4.79. The summed E-state index contributed by atoms with van der Waals surface area (Å²) in [6.45, 7) is 0. The molecule has 1 aliphatic rings. The van der Waals surface area contributed by atoms with E-state index in [0.717, 1.165) is 29.5 Å². The Bertz CT molecular complexity index is 1490. The van der Waals surface area contributed by atoms with E-state index in [2.05, 4.69) is 20.1 Å². The van der Waals surface area contributed by atoms with Crippen LogP contribution >= 0.6 is 22.9 Å². The molecular weight excluding hydrogens is 464 g/mol. The van der Waals surface area contributed by atoms with Gasteiger partial charge in [-0.2, -0.15) is 0 Å². The summed E-state index contributed by atoms with van der Waals surface area (Å²) in [6.07, 6.45) is 2.02. The number of rotatable bonds is 5. The predicted molar refractivity (Wildman–Crippen MR) is 127 cm³/mol. The minimum atomic E-state index is -0.408. The van der Waals surface area contributed by atoms with Crippen LogP contribution < -0.4 is 5.32 Å². The van der Waals surface area contributed by atoms with Crippen molar-refractivity contribution >= 4 is 44.8 Å². The molecule has 0 aliphatic heterocycles. The zero-order valence-corrected chi connectivity index (χ0v) is 18.7. The monoisotopic (exact) mass is 479 g/mol. The number of nitrogens with one attached hydrogen (secondary N) is 1. The van der Waals surface area contributed by atoms with Crippen LogP contribution in [0.4, 0.5) is 19.6 Å². The van der Waals surface area contributed by atoms with Crippen molar-refractivity contribution in [1.29, 1.82) is 0 Å². The third kappa shape index (κ3) is 3.85. The molecule has 0 amide bonds. The zero-order valence-electron chi connectivity index (χ0n) is 17.1. The van der Waals surface area contributed by atoms with Crippen LogP contribution in [0.5, 0.6) is 0 Å². The van der Waals surface area contributed by atoms with Crippen LogP contribution in [0, 0.1) is 11.6 Å². The summed E-state index contributed by atoms with van der Waals surface area (Å²) in [6, 6.07) is 17.0. The van der Waals surface area contributed by atoms with Crippen LogP contribution in [0.3, 0.4) is 0 Å². The fourth-order valence-electron chi connectivity index (χ4n) is 3.84. The van der Waals surface area contributed by atoms with E-state index in [4.69, 9.17) is 16.6 Å². The van der Waals surface area contributed by atoms with Gasteiger partial charge in [-0.3, -0.25) is 0 Å². The maximum atomic E-state index is 15.1. The number of imidazole rings is 1. The van der Waals surface area contributed by atoms with Crippen molar-refractivity contribution in [3.05, 3.63) is 77.3 Å². The van der Waals surface area contributed by atoms with E-state index < -0.39 is 5.82 Å². The molecule has 0 spiro atoms. The van der Waals surface area contributed by atoms with Crippen LogP contribution in [-0.2, 0) is 0 Å². The topological polar surface area (TPSA) is 55.6 Å². The van der Waals surface area contributed by atoms with Gasteiger partial charge in [0.15, 0.2) is 0 Å². The lowest BCUT2D eigenvalue weighted by atomic mass is 10.2. The summed E-state index contributed by atoms with van der Waals surface area (Å²) < 4.78 is 30.6. The lowest BCUT2D eigenvalue weighted by Crippen LogP contribution is -1.98. The fraction of sp³-hybridized carbons (Fsp3) is 0.125. The smallest absolute Gasteiger partial charge is 0.210 e. The molecule has 5 nitrogen and oxygen atoms in total. The first-order valence-electron chi connectivity index (χ1n) is 10.4. The molecule has 6 rings (SSSR count). The van der Waals surface area contributed by atoms with Gasteiger partial charge in [0.1, 0.15) is 22.5 Å². The normalized spacial score (nSPS) is 13.5. The second kappa shape index (κ2) is 7.90. The average molecular weight is 480 g/mol. The maximum Gasteiger partial charge on any atom is 0.210 e.